The highest BCUT2D eigenvalue weighted by Crippen LogP contribution is 2.36. The molecule has 4 aromatic heterocycles. The lowest BCUT2D eigenvalue weighted by molar-refractivity contribution is 0.918. The first-order valence-electron chi connectivity index (χ1n) is 15.6. The van der Waals surface area contributed by atoms with Crippen LogP contribution in [0.4, 0.5) is 0 Å². The van der Waals surface area contributed by atoms with Crippen molar-refractivity contribution in [2.75, 3.05) is 0 Å². The van der Waals surface area contributed by atoms with Gasteiger partial charge in [-0.3, -0.25) is 13.7 Å². The summed E-state index contributed by atoms with van der Waals surface area (Å²) in [6.07, 6.45) is 0. The lowest BCUT2D eigenvalue weighted by Crippen LogP contribution is -2.10. The molecule has 0 bridgehead atoms. The maximum absolute atomic E-state index is 5.42. The molecule has 0 fully saturated rings. The molecular weight excluding hydrogens is 562 g/mol. The van der Waals surface area contributed by atoms with Crippen LogP contribution in [0.5, 0.6) is 0 Å². The van der Waals surface area contributed by atoms with Gasteiger partial charge in [0.25, 0.3) is 0 Å². The lowest BCUT2D eigenvalue weighted by atomic mass is 10.1. The maximum Gasteiger partial charge on any atom is 0.238 e. The number of aryl methyl sites for hydroxylation is 1. The van der Waals surface area contributed by atoms with Crippen LogP contribution in [-0.2, 0) is 0 Å². The van der Waals surface area contributed by atoms with Crippen molar-refractivity contribution in [2.45, 2.75) is 6.92 Å². The Bertz CT molecular complexity index is 2590. The first-order valence-corrected chi connectivity index (χ1v) is 15.6. The van der Waals surface area contributed by atoms with E-state index >= 15 is 0 Å². The molecule has 0 N–H and O–H groups in total. The fourth-order valence-electron chi connectivity index (χ4n) is 7.37. The molecule has 0 saturated heterocycles. The molecule has 6 aromatic carbocycles. The van der Waals surface area contributed by atoms with E-state index in [9.17, 15) is 0 Å². The normalized spacial score (nSPS) is 12.0. The van der Waals surface area contributed by atoms with Gasteiger partial charge in [-0.05, 0) is 48.9 Å². The first kappa shape index (κ1) is 25.2. The molecule has 4 heterocycles. The topological polar surface area (TPSA) is 40.6 Å². The fraction of sp³-hybridized carbons (Fsp3) is 0.0244. The third-order valence-electron chi connectivity index (χ3n) is 9.33. The summed E-state index contributed by atoms with van der Waals surface area (Å²) in [5.74, 6) is 2.27. The second-order valence-electron chi connectivity index (χ2n) is 12.0. The monoisotopic (exact) mass is 589 g/mol. The molecule has 0 unspecified atom stereocenters. The summed E-state index contributed by atoms with van der Waals surface area (Å²) in [6, 6.07) is 51.6. The minimum absolute atomic E-state index is 0.630. The van der Waals surface area contributed by atoms with E-state index in [1.54, 1.807) is 0 Å². The van der Waals surface area contributed by atoms with Gasteiger partial charge in [-0.2, -0.15) is 9.97 Å². The standard InChI is InChI=1S/C41H27N5/c1-26-22-23-32-31-16-4-9-19-35(31)45(38(32)24-26)40-25-39(44-33-17-7-2-12-27(33)28-13-3-8-18-34(28)44)42-41(43-40)46-36-20-10-5-14-29(36)30-15-6-11-21-37(30)46/h2-25H,1H3. The van der Waals surface area contributed by atoms with E-state index in [2.05, 4.69) is 166 Å². The van der Waals surface area contributed by atoms with Crippen molar-refractivity contribution >= 4 is 65.4 Å². The van der Waals surface area contributed by atoms with E-state index in [1.165, 1.54) is 37.9 Å². The molecule has 0 atom stereocenters. The molecule has 10 rings (SSSR count). The van der Waals surface area contributed by atoms with Crippen LogP contribution in [0.2, 0.25) is 0 Å². The molecular formula is C41H27N5. The van der Waals surface area contributed by atoms with E-state index in [0.29, 0.717) is 5.95 Å². The quantitative estimate of drug-likeness (QED) is 0.206. The zero-order chi connectivity index (χ0) is 30.4. The van der Waals surface area contributed by atoms with Crippen LogP contribution in [0.3, 0.4) is 0 Å². The average molecular weight is 590 g/mol. The second-order valence-corrected chi connectivity index (χ2v) is 12.0. The Balaban J connectivity index is 1.39. The fourth-order valence-corrected chi connectivity index (χ4v) is 7.37. The molecule has 0 spiro atoms. The van der Waals surface area contributed by atoms with Crippen LogP contribution in [-0.4, -0.2) is 23.7 Å². The smallest absolute Gasteiger partial charge is 0.238 e. The van der Waals surface area contributed by atoms with E-state index in [1.807, 2.05) is 0 Å². The van der Waals surface area contributed by atoms with Crippen LogP contribution in [0, 0.1) is 6.92 Å². The number of aromatic nitrogens is 5. The number of fused-ring (bicyclic) bond motifs is 9. The lowest BCUT2D eigenvalue weighted by Gasteiger charge is -2.15. The molecule has 0 aliphatic carbocycles. The van der Waals surface area contributed by atoms with Gasteiger partial charge in [-0.1, -0.05) is 103 Å². The molecule has 46 heavy (non-hydrogen) atoms. The summed E-state index contributed by atoms with van der Waals surface area (Å²) >= 11 is 0. The summed E-state index contributed by atoms with van der Waals surface area (Å²) in [7, 11) is 0. The van der Waals surface area contributed by atoms with E-state index in [0.717, 1.165) is 44.7 Å². The largest absolute Gasteiger partial charge is 0.294 e. The minimum Gasteiger partial charge on any atom is -0.294 e. The predicted molar refractivity (Wildman–Crippen MR) is 190 cm³/mol. The highest BCUT2D eigenvalue weighted by atomic mass is 15.2. The molecule has 0 saturated carbocycles. The molecule has 10 aromatic rings. The summed E-state index contributed by atoms with van der Waals surface area (Å²) < 4.78 is 6.80. The van der Waals surface area contributed by atoms with Crippen LogP contribution in [0.25, 0.3) is 83.0 Å². The molecule has 5 heteroatoms. The summed E-state index contributed by atoms with van der Waals surface area (Å²) in [5.41, 5.74) is 7.82. The van der Waals surface area contributed by atoms with E-state index in [-0.39, 0.29) is 0 Å². The highest BCUT2D eigenvalue weighted by Gasteiger charge is 2.21. The van der Waals surface area contributed by atoms with Crippen LogP contribution >= 0.6 is 0 Å². The van der Waals surface area contributed by atoms with Crippen molar-refractivity contribution < 1.29 is 0 Å². The van der Waals surface area contributed by atoms with Gasteiger partial charge in [0.1, 0.15) is 11.6 Å². The van der Waals surface area contributed by atoms with Gasteiger partial charge in [-0.15, -0.1) is 0 Å². The number of para-hydroxylation sites is 5. The Hall–Kier alpha value is -6.20. The molecule has 0 radical (unpaired) electrons. The summed E-state index contributed by atoms with van der Waals surface area (Å²) in [5, 5.41) is 7.16. The third-order valence-corrected chi connectivity index (χ3v) is 9.33. The van der Waals surface area contributed by atoms with Crippen LogP contribution < -0.4 is 0 Å². The number of hydrogen-bond acceptors (Lipinski definition) is 2. The molecule has 0 aliphatic rings. The average Bonchev–Trinajstić information content (AvgIpc) is 3.73. The minimum atomic E-state index is 0.630. The van der Waals surface area contributed by atoms with E-state index < -0.39 is 0 Å². The maximum atomic E-state index is 5.42. The molecule has 0 aliphatic heterocycles. The molecule has 5 nitrogen and oxygen atoms in total. The van der Waals surface area contributed by atoms with Gasteiger partial charge < -0.3 is 0 Å². The van der Waals surface area contributed by atoms with Gasteiger partial charge in [0.05, 0.1) is 33.1 Å². The van der Waals surface area contributed by atoms with Crippen LogP contribution in [0.15, 0.2) is 146 Å². The van der Waals surface area contributed by atoms with Crippen molar-refractivity contribution in [1.82, 2.24) is 23.7 Å². The van der Waals surface area contributed by atoms with E-state index in [4.69, 9.17) is 9.97 Å². The third kappa shape index (κ3) is 3.45. The van der Waals surface area contributed by atoms with Crippen molar-refractivity contribution in [3.05, 3.63) is 151 Å². The zero-order valence-corrected chi connectivity index (χ0v) is 25.1. The Morgan fingerprint density at radius 2 is 0.696 bits per heavy atom. The van der Waals surface area contributed by atoms with Crippen molar-refractivity contribution in [3.63, 3.8) is 0 Å². The molecule has 216 valence electrons. The molecule has 0 amide bonds. The zero-order valence-electron chi connectivity index (χ0n) is 25.1. The number of rotatable bonds is 3. The Morgan fingerprint density at radius 1 is 0.348 bits per heavy atom. The number of hydrogen-bond donors (Lipinski definition) is 0. The van der Waals surface area contributed by atoms with Gasteiger partial charge in [0, 0.05) is 38.4 Å². The van der Waals surface area contributed by atoms with Gasteiger partial charge in [0.2, 0.25) is 5.95 Å². The van der Waals surface area contributed by atoms with Crippen molar-refractivity contribution in [2.24, 2.45) is 0 Å². The Kier molecular flexibility index (Phi) is 5.14. The summed E-state index contributed by atoms with van der Waals surface area (Å²) in [4.78, 5) is 10.8. The number of benzene rings is 6. The van der Waals surface area contributed by atoms with Crippen LogP contribution in [0.1, 0.15) is 5.56 Å². The predicted octanol–water partition coefficient (Wildman–Crippen LogP) is 10.1. The van der Waals surface area contributed by atoms with Gasteiger partial charge in [0.15, 0.2) is 0 Å². The summed E-state index contributed by atoms with van der Waals surface area (Å²) in [6.45, 7) is 2.15. The second kappa shape index (κ2) is 9.40. The SMILES string of the molecule is Cc1ccc2c3ccccc3n(-c3cc(-n4c5ccccc5c5ccccc54)nc(-n4c5ccccc5c5ccccc54)n3)c2c1. The number of nitrogens with zero attached hydrogens (tertiary/aromatic N) is 5. The first-order chi connectivity index (χ1) is 22.7. The van der Waals surface area contributed by atoms with Crippen molar-refractivity contribution in [1.29, 1.82) is 0 Å². The Morgan fingerprint density at radius 3 is 1.13 bits per heavy atom. The highest BCUT2D eigenvalue weighted by molar-refractivity contribution is 6.11. The Labute approximate surface area is 264 Å². The van der Waals surface area contributed by atoms with Gasteiger partial charge >= 0.3 is 0 Å². The van der Waals surface area contributed by atoms with Crippen molar-refractivity contribution in [3.8, 4) is 17.6 Å². The van der Waals surface area contributed by atoms with Gasteiger partial charge in [-0.25, -0.2) is 0 Å².